The Morgan fingerprint density at radius 3 is 2.71 bits per heavy atom. The summed E-state index contributed by atoms with van der Waals surface area (Å²) < 4.78 is 0. The zero-order chi connectivity index (χ0) is 10.6. The second-order valence-corrected chi connectivity index (χ2v) is 3.72. The predicted octanol–water partition coefficient (Wildman–Crippen LogP) is 3.08. The number of halogens is 2. The fraction of sp³-hybridized carbons (Fsp3) is 0.300. The molecule has 0 saturated heterocycles. The molecule has 0 aliphatic rings. The highest BCUT2D eigenvalue weighted by atomic mass is 35.5. The standard InChI is InChI=1S/C10H11Cl2NO/c1-7(14)13-10-3-2-8(4-5-11)6-9(10)12/h2-3,6H,4-5H2,1H3,(H,13,14). The van der Waals surface area contributed by atoms with Crippen molar-refractivity contribution >= 4 is 34.8 Å². The number of anilines is 1. The van der Waals surface area contributed by atoms with Crippen LogP contribution in [0.5, 0.6) is 0 Å². The molecule has 0 bridgehead atoms. The normalized spacial score (nSPS) is 9.93. The molecule has 0 aromatic heterocycles. The third-order valence-corrected chi connectivity index (χ3v) is 2.23. The van der Waals surface area contributed by atoms with Gasteiger partial charge in [-0.1, -0.05) is 17.7 Å². The van der Waals surface area contributed by atoms with E-state index < -0.39 is 0 Å². The van der Waals surface area contributed by atoms with E-state index in [9.17, 15) is 4.79 Å². The molecule has 4 heteroatoms. The van der Waals surface area contributed by atoms with Crippen LogP contribution in [0.2, 0.25) is 5.02 Å². The summed E-state index contributed by atoms with van der Waals surface area (Å²) >= 11 is 11.6. The van der Waals surface area contributed by atoms with E-state index in [4.69, 9.17) is 23.2 Å². The fourth-order valence-corrected chi connectivity index (χ4v) is 1.58. The molecule has 0 heterocycles. The molecule has 0 aliphatic heterocycles. The maximum absolute atomic E-state index is 10.8. The van der Waals surface area contributed by atoms with Crippen LogP contribution in [0.4, 0.5) is 5.69 Å². The van der Waals surface area contributed by atoms with Crippen molar-refractivity contribution in [1.82, 2.24) is 0 Å². The molecule has 0 unspecified atom stereocenters. The van der Waals surface area contributed by atoms with Crippen molar-refractivity contribution in [1.29, 1.82) is 0 Å². The minimum atomic E-state index is -0.128. The van der Waals surface area contributed by atoms with Crippen molar-refractivity contribution in [2.24, 2.45) is 0 Å². The molecule has 0 aliphatic carbocycles. The number of benzene rings is 1. The fourth-order valence-electron chi connectivity index (χ4n) is 1.11. The van der Waals surface area contributed by atoms with Crippen LogP contribution >= 0.6 is 23.2 Å². The minimum absolute atomic E-state index is 0.128. The minimum Gasteiger partial charge on any atom is -0.325 e. The van der Waals surface area contributed by atoms with Gasteiger partial charge in [0.05, 0.1) is 10.7 Å². The van der Waals surface area contributed by atoms with Gasteiger partial charge in [0.25, 0.3) is 0 Å². The van der Waals surface area contributed by atoms with Crippen molar-refractivity contribution in [3.05, 3.63) is 28.8 Å². The number of alkyl halides is 1. The van der Waals surface area contributed by atoms with Gasteiger partial charge in [0.15, 0.2) is 0 Å². The number of hydrogen-bond donors (Lipinski definition) is 1. The number of carbonyl (C=O) groups is 1. The molecule has 1 rings (SSSR count). The lowest BCUT2D eigenvalue weighted by Crippen LogP contribution is -2.06. The van der Waals surface area contributed by atoms with Gasteiger partial charge in [-0.25, -0.2) is 0 Å². The van der Waals surface area contributed by atoms with Gasteiger partial charge in [-0.3, -0.25) is 4.79 Å². The summed E-state index contributed by atoms with van der Waals surface area (Å²) in [5.41, 5.74) is 1.71. The Morgan fingerprint density at radius 2 is 2.21 bits per heavy atom. The van der Waals surface area contributed by atoms with Gasteiger partial charge in [-0.15, -0.1) is 11.6 Å². The molecular formula is C10H11Cl2NO. The molecular weight excluding hydrogens is 221 g/mol. The first-order valence-electron chi connectivity index (χ1n) is 4.25. The van der Waals surface area contributed by atoms with Gasteiger partial charge in [0, 0.05) is 12.8 Å². The molecule has 14 heavy (non-hydrogen) atoms. The molecule has 0 fully saturated rings. The number of amides is 1. The quantitative estimate of drug-likeness (QED) is 0.797. The van der Waals surface area contributed by atoms with Gasteiger partial charge in [0.2, 0.25) is 5.91 Å². The van der Waals surface area contributed by atoms with Gasteiger partial charge >= 0.3 is 0 Å². The third kappa shape index (κ3) is 3.20. The van der Waals surface area contributed by atoms with E-state index in [1.807, 2.05) is 12.1 Å². The van der Waals surface area contributed by atoms with E-state index in [1.54, 1.807) is 6.07 Å². The Kier molecular flexibility index (Phi) is 4.23. The first-order valence-corrected chi connectivity index (χ1v) is 5.16. The van der Waals surface area contributed by atoms with E-state index >= 15 is 0 Å². The van der Waals surface area contributed by atoms with Crippen molar-refractivity contribution in [2.75, 3.05) is 11.2 Å². The summed E-state index contributed by atoms with van der Waals surface area (Å²) in [6.07, 6.45) is 0.779. The summed E-state index contributed by atoms with van der Waals surface area (Å²) in [6, 6.07) is 5.50. The molecule has 1 amide bonds. The first-order chi connectivity index (χ1) is 6.63. The van der Waals surface area contributed by atoms with Crippen molar-refractivity contribution in [3.8, 4) is 0 Å². The zero-order valence-corrected chi connectivity index (χ0v) is 9.32. The highest BCUT2D eigenvalue weighted by Gasteiger charge is 2.02. The number of rotatable bonds is 3. The van der Waals surface area contributed by atoms with E-state index in [1.165, 1.54) is 6.92 Å². The third-order valence-electron chi connectivity index (χ3n) is 1.73. The van der Waals surface area contributed by atoms with Crippen LogP contribution in [-0.2, 0) is 11.2 Å². The summed E-state index contributed by atoms with van der Waals surface area (Å²) in [7, 11) is 0. The predicted molar refractivity (Wildman–Crippen MR) is 60.2 cm³/mol. The monoisotopic (exact) mass is 231 g/mol. The second kappa shape index (κ2) is 5.23. The molecule has 2 nitrogen and oxygen atoms in total. The molecule has 0 saturated carbocycles. The zero-order valence-electron chi connectivity index (χ0n) is 7.81. The Bertz CT molecular complexity index is 339. The van der Waals surface area contributed by atoms with E-state index in [0.29, 0.717) is 16.6 Å². The van der Waals surface area contributed by atoms with Crippen LogP contribution in [0.25, 0.3) is 0 Å². The highest BCUT2D eigenvalue weighted by Crippen LogP contribution is 2.23. The van der Waals surface area contributed by atoms with Gasteiger partial charge < -0.3 is 5.32 Å². The van der Waals surface area contributed by atoms with Crippen molar-refractivity contribution < 1.29 is 4.79 Å². The van der Waals surface area contributed by atoms with Crippen LogP contribution < -0.4 is 5.32 Å². The summed E-state index contributed by atoms with van der Waals surface area (Å²) in [4.78, 5) is 10.8. The average Bonchev–Trinajstić information content (AvgIpc) is 2.10. The summed E-state index contributed by atoms with van der Waals surface area (Å²) in [5, 5.41) is 3.18. The SMILES string of the molecule is CC(=O)Nc1ccc(CCCl)cc1Cl. The Morgan fingerprint density at radius 1 is 1.50 bits per heavy atom. The molecule has 1 aromatic carbocycles. The lowest BCUT2D eigenvalue weighted by atomic mass is 10.1. The molecule has 76 valence electrons. The smallest absolute Gasteiger partial charge is 0.221 e. The van der Waals surface area contributed by atoms with Crippen LogP contribution in [-0.4, -0.2) is 11.8 Å². The Balaban J connectivity index is 2.84. The molecule has 0 atom stereocenters. The van der Waals surface area contributed by atoms with Crippen LogP contribution in [0.1, 0.15) is 12.5 Å². The summed E-state index contributed by atoms with van der Waals surface area (Å²) in [6.45, 7) is 1.45. The molecule has 1 N–H and O–H groups in total. The first kappa shape index (κ1) is 11.3. The van der Waals surface area contributed by atoms with Crippen molar-refractivity contribution in [3.63, 3.8) is 0 Å². The molecule has 0 radical (unpaired) electrons. The number of hydrogen-bond acceptors (Lipinski definition) is 1. The van der Waals surface area contributed by atoms with E-state index in [0.717, 1.165) is 12.0 Å². The van der Waals surface area contributed by atoms with Gasteiger partial charge in [-0.05, 0) is 24.1 Å². The van der Waals surface area contributed by atoms with E-state index in [-0.39, 0.29) is 5.91 Å². The largest absolute Gasteiger partial charge is 0.325 e. The second-order valence-electron chi connectivity index (χ2n) is 2.93. The van der Waals surface area contributed by atoms with Crippen LogP contribution in [0.15, 0.2) is 18.2 Å². The van der Waals surface area contributed by atoms with Gasteiger partial charge in [0.1, 0.15) is 0 Å². The molecule has 0 spiro atoms. The van der Waals surface area contributed by atoms with Crippen LogP contribution in [0.3, 0.4) is 0 Å². The Hall–Kier alpha value is -0.730. The maximum atomic E-state index is 10.8. The maximum Gasteiger partial charge on any atom is 0.221 e. The highest BCUT2D eigenvalue weighted by molar-refractivity contribution is 6.33. The summed E-state index contributed by atoms with van der Waals surface area (Å²) in [5.74, 6) is 0.438. The van der Waals surface area contributed by atoms with Crippen LogP contribution in [0, 0.1) is 0 Å². The molecule has 1 aromatic rings. The number of carbonyl (C=O) groups excluding carboxylic acids is 1. The average molecular weight is 232 g/mol. The topological polar surface area (TPSA) is 29.1 Å². The number of nitrogens with one attached hydrogen (secondary N) is 1. The van der Waals surface area contributed by atoms with Crippen molar-refractivity contribution in [2.45, 2.75) is 13.3 Å². The van der Waals surface area contributed by atoms with Gasteiger partial charge in [-0.2, -0.15) is 0 Å². The van der Waals surface area contributed by atoms with E-state index in [2.05, 4.69) is 5.32 Å². The number of aryl methyl sites for hydroxylation is 1. The Labute approximate surface area is 93.2 Å². The lowest BCUT2D eigenvalue weighted by Gasteiger charge is -2.06. The lowest BCUT2D eigenvalue weighted by molar-refractivity contribution is -0.114.